The lowest BCUT2D eigenvalue weighted by atomic mass is 9.98. The fourth-order valence-corrected chi connectivity index (χ4v) is 3.59. The van der Waals surface area contributed by atoms with Gasteiger partial charge in [0.05, 0.1) is 5.56 Å². The van der Waals surface area contributed by atoms with Crippen molar-refractivity contribution in [1.82, 2.24) is 10.3 Å². The molecule has 0 radical (unpaired) electrons. The maximum Gasteiger partial charge on any atom is 0.338 e. The minimum atomic E-state index is -0.596. The van der Waals surface area contributed by atoms with Gasteiger partial charge in [-0.05, 0) is 44.4 Å². The van der Waals surface area contributed by atoms with Crippen molar-refractivity contribution in [3.05, 3.63) is 57.0 Å². The van der Waals surface area contributed by atoms with E-state index in [4.69, 9.17) is 4.74 Å². The summed E-state index contributed by atoms with van der Waals surface area (Å²) in [5.41, 5.74) is 2.06. The van der Waals surface area contributed by atoms with E-state index in [1.54, 1.807) is 23.6 Å². The summed E-state index contributed by atoms with van der Waals surface area (Å²) in [6.45, 7) is 5.44. The summed E-state index contributed by atoms with van der Waals surface area (Å²) in [6.07, 6.45) is 2.27. The predicted octanol–water partition coefficient (Wildman–Crippen LogP) is 3.28. The Hall–Kier alpha value is -2.80. The number of ether oxygens (including phenoxy) is 1. The maximum atomic E-state index is 12.9. The quantitative estimate of drug-likeness (QED) is 0.646. The standard InChI is InChI=1S/C20H20N2O4S/c1-20(2,3)26-19(25)14-7-5-6-11-12(14)8-9-13(11)16(23)18-22-15(10-27-18)17(24)21-4/h5-7,9-10H,8H2,1-4H3,(H,21,24). The van der Waals surface area contributed by atoms with Gasteiger partial charge in [0.1, 0.15) is 11.3 Å². The molecule has 0 spiro atoms. The third-order valence-electron chi connectivity index (χ3n) is 4.00. The summed E-state index contributed by atoms with van der Waals surface area (Å²) < 4.78 is 5.47. The lowest BCUT2D eigenvalue weighted by molar-refractivity contribution is 0.00683. The molecule has 140 valence electrons. The van der Waals surface area contributed by atoms with Gasteiger partial charge >= 0.3 is 5.97 Å². The third-order valence-corrected chi connectivity index (χ3v) is 4.84. The smallest absolute Gasteiger partial charge is 0.338 e. The number of nitrogens with one attached hydrogen (secondary N) is 1. The van der Waals surface area contributed by atoms with Crippen LogP contribution >= 0.6 is 11.3 Å². The molecule has 1 N–H and O–H groups in total. The van der Waals surface area contributed by atoms with E-state index in [0.29, 0.717) is 23.1 Å². The number of rotatable bonds is 4. The molecule has 0 bridgehead atoms. The molecule has 1 aromatic carbocycles. The number of benzene rings is 1. The molecule has 7 heteroatoms. The molecule has 2 aromatic rings. The van der Waals surface area contributed by atoms with Crippen LogP contribution in [0.25, 0.3) is 5.57 Å². The molecule has 1 amide bonds. The first kappa shape index (κ1) is 19.0. The van der Waals surface area contributed by atoms with Gasteiger partial charge < -0.3 is 10.1 Å². The molecule has 0 atom stereocenters. The number of aromatic nitrogens is 1. The molecule has 1 aliphatic carbocycles. The largest absolute Gasteiger partial charge is 0.456 e. The van der Waals surface area contributed by atoms with Crippen LogP contribution in [0.2, 0.25) is 0 Å². The second-order valence-electron chi connectivity index (χ2n) is 7.10. The highest BCUT2D eigenvalue weighted by molar-refractivity contribution is 7.12. The Bertz CT molecular complexity index is 967. The van der Waals surface area contributed by atoms with E-state index in [2.05, 4.69) is 10.3 Å². The van der Waals surface area contributed by atoms with Crippen molar-refractivity contribution in [1.29, 1.82) is 0 Å². The number of amides is 1. The molecule has 1 aromatic heterocycles. The summed E-state index contributed by atoms with van der Waals surface area (Å²) in [5, 5.41) is 4.29. The topological polar surface area (TPSA) is 85.4 Å². The molecular weight excluding hydrogens is 364 g/mol. The van der Waals surface area contributed by atoms with E-state index in [1.807, 2.05) is 26.8 Å². The SMILES string of the molecule is CNC(=O)c1csc(C(=O)C2=CCc3c(C(=O)OC(C)(C)C)cccc32)n1. The number of fused-ring (bicyclic) bond motifs is 1. The minimum Gasteiger partial charge on any atom is -0.456 e. The molecular formula is C20H20N2O4S. The van der Waals surface area contributed by atoms with Gasteiger partial charge in [-0.15, -0.1) is 11.3 Å². The van der Waals surface area contributed by atoms with E-state index >= 15 is 0 Å². The molecule has 1 aliphatic rings. The van der Waals surface area contributed by atoms with Crippen molar-refractivity contribution in [3.8, 4) is 0 Å². The predicted molar refractivity (Wildman–Crippen MR) is 103 cm³/mol. The highest BCUT2D eigenvalue weighted by Crippen LogP contribution is 2.33. The zero-order chi connectivity index (χ0) is 19.8. The molecule has 0 aliphatic heterocycles. The second-order valence-corrected chi connectivity index (χ2v) is 7.96. The number of hydrogen-bond acceptors (Lipinski definition) is 6. The van der Waals surface area contributed by atoms with Crippen LogP contribution in [0.15, 0.2) is 29.7 Å². The van der Waals surface area contributed by atoms with Gasteiger partial charge in [-0.1, -0.05) is 18.2 Å². The van der Waals surface area contributed by atoms with Crippen molar-refractivity contribution in [2.45, 2.75) is 32.8 Å². The van der Waals surface area contributed by atoms with Crippen LogP contribution in [0.4, 0.5) is 0 Å². The highest BCUT2D eigenvalue weighted by atomic mass is 32.1. The van der Waals surface area contributed by atoms with Crippen molar-refractivity contribution in [2.24, 2.45) is 0 Å². The van der Waals surface area contributed by atoms with Crippen molar-refractivity contribution in [3.63, 3.8) is 0 Å². The van der Waals surface area contributed by atoms with Crippen LogP contribution in [0.3, 0.4) is 0 Å². The zero-order valence-electron chi connectivity index (χ0n) is 15.6. The fourth-order valence-electron chi connectivity index (χ4n) is 2.84. The van der Waals surface area contributed by atoms with Crippen molar-refractivity contribution >= 4 is 34.6 Å². The number of Topliss-reactive ketones (excluding diaryl/α,β-unsaturated/α-hetero) is 1. The van der Waals surface area contributed by atoms with E-state index in [0.717, 1.165) is 16.9 Å². The maximum absolute atomic E-state index is 12.9. The lowest BCUT2D eigenvalue weighted by Gasteiger charge is -2.20. The second kappa shape index (κ2) is 7.08. The molecule has 1 heterocycles. The Morgan fingerprint density at radius 2 is 1.96 bits per heavy atom. The van der Waals surface area contributed by atoms with Crippen LogP contribution < -0.4 is 5.32 Å². The molecule has 27 heavy (non-hydrogen) atoms. The summed E-state index contributed by atoms with van der Waals surface area (Å²) in [5.74, 6) is -0.994. The number of carbonyl (C=O) groups excluding carboxylic acids is 3. The van der Waals surface area contributed by atoms with Crippen LogP contribution in [0, 0.1) is 0 Å². The average molecular weight is 384 g/mol. The number of nitrogens with zero attached hydrogens (tertiary/aromatic N) is 1. The Morgan fingerprint density at radius 3 is 2.63 bits per heavy atom. The van der Waals surface area contributed by atoms with E-state index in [1.165, 1.54) is 7.05 Å². The molecule has 0 saturated heterocycles. The van der Waals surface area contributed by atoms with Crippen LogP contribution in [-0.4, -0.2) is 35.3 Å². The van der Waals surface area contributed by atoms with Gasteiger partial charge in [-0.25, -0.2) is 9.78 Å². The summed E-state index contributed by atoms with van der Waals surface area (Å²) in [4.78, 5) is 41.2. The Kier molecular flexibility index (Phi) is 4.97. The van der Waals surface area contributed by atoms with Crippen LogP contribution in [0.1, 0.15) is 62.5 Å². The van der Waals surface area contributed by atoms with E-state index in [-0.39, 0.29) is 22.4 Å². The van der Waals surface area contributed by atoms with Gasteiger partial charge in [0.25, 0.3) is 5.91 Å². The number of allylic oxidation sites excluding steroid dienone is 2. The number of esters is 1. The lowest BCUT2D eigenvalue weighted by Crippen LogP contribution is -2.24. The number of hydrogen-bond donors (Lipinski definition) is 1. The third kappa shape index (κ3) is 3.83. The van der Waals surface area contributed by atoms with Crippen molar-refractivity contribution < 1.29 is 19.1 Å². The van der Waals surface area contributed by atoms with Crippen LogP contribution in [0.5, 0.6) is 0 Å². The number of thiazole rings is 1. The summed E-state index contributed by atoms with van der Waals surface area (Å²) >= 11 is 1.13. The Labute approximate surface area is 161 Å². The first-order valence-electron chi connectivity index (χ1n) is 8.49. The summed E-state index contributed by atoms with van der Waals surface area (Å²) in [6, 6.07) is 5.26. The van der Waals surface area contributed by atoms with Crippen molar-refractivity contribution in [2.75, 3.05) is 7.05 Å². The molecule has 0 fully saturated rings. The van der Waals surface area contributed by atoms with Gasteiger partial charge in [-0.3, -0.25) is 9.59 Å². The number of carbonyl (C=O) groups is 3. The highest BCUT2D eigenvalue weighted by Gasteiger charge is 2.28. The number of ketones is 1. The monoisotopic (exact) mass is 384 g/mol. The van der Waals surface area contributed by atoms with E-state index in [9.17, 15) is 14.4 Å². The normalized spacial score (nSPS) is 13.0. The molecule has 6 nitrogen and oxygen atoms in total. The van der Waals surface area contributed by atoms with Gasteiger partial charge in [0, 0.05) is 18.0 Å². The zero-order valence-corrected chi connectivity index (χ0v) is 16.4. The Balaban J connectivity index is 1.89. The average Bonchev–Trinajstić information content (AvgIpc) is 3.25. The Morgan fingerprint density at radius 1 is 1.22 bits per heavy atom. The summed E-state index contributed by atoms with van der Waals surface area (Å²) in [7, 11) is 1.51. The molecule has 0 saturated carbocycles. The van der Waals surface area contributed by atoms with E-state index < -0.39 is 11.6 Å². The minimum absolute atomic E-state index is 0.215. The van der Waals surface area contributed by atoms with Gasteiger partial charge in [0.2, 0.25) is 5.78 Å². The van der Waals surface area contributed by atoms with Gasteiger partial charge in [0.15, 0.2) is 5.01 Å². The molecule has 3 rings (SSSR count). The van der Waals surface area contributed by atoms with Gasteiger partial charge in [-0.2, -0.15) is 0 Å². The first-order valence-corrected chi connectivity index (χ1v) is 9.37. The molecule has 0 unspecified atom stereocenters. The fraction of sp³-hybridized carbons (Fsp3) is 0.300. The first-order chi connectivity index (χ1) is 12.7. The van der Waals surface area contributed by atoms with Crippen LogP contribution in [-0.2, 0) is 11.2 Å².